The molecule has 0 aliphatic carbocycles. The number of carbonyl (C=O) groups excluding carboxylic acids is 3. The largest absolute Gasteiger partial charge is 0.462 e. The molecule has 0 bridgehead atoms. The normalized spacial score (nSPS) is 12.5. The number of unbranched alkanes of at least 4 members (excludes halogenated alkanes) is 44. The molecule has 83 heavy (non-hydrogen) atoms. The smallest absolute Gasteiger partial charge is 0.306 e. The van der Waals surface area contributed by atoms with Crippen molar-refractivity contribution in [1.82, 2.24) is 0 Å². The molecule has 0 aromatic heterocycles. The van der Waals surface area contributed by atoms with Crippen LogP contribution < -0.4 is 0 Å². The minimum Gasteiger partial charge on any atom is -0.462 e. The first kappa shape index (κ1) is 79.8. The van der Waals surface area contributed by atoms with Crippen molar-refractivity contribution in [2.75, 3.05) is 13.2 Å². The lowest BCUT2D eigenvalue weighted by molar-refractivity contribution is -0.167. The van der Waals surface area contributed by atoms with Crippen LogP contribution >= 0.6 is 0 Å². The van der Waals surface area contributed by atoms with Crippen molar-refractivity contribution in [3.8, 4) is 0 Å². The van der Waals surface area contributed by atoms with E-state index in [1.165, 1.54) is 244 Å². The van der Waals surface area contributed by atoms with E-state index in [4.69, 9.17) is 14.2 Å². The van der Waals surface area contributed by atoms with Crippen molar-refractivity contribution in [2.24, 2.45) is 0 Å². The highest BCUT2D eigenvalue weighted by atomic mass is 16.6. The van der Waals surface area contributed by atoms with Crippen LogP contribution in [0.2, 0.25) is 0 Å². The maximum Gasteiger partial charge on any atom is 0.306 e. The summed E-state index contributed by atoms with van der Waals surface area (Å²) in [4.78, 5) is 38.2. The van der Waals surface area contributed by atoms with Crippen LogP contribution in [0.1, 0.15) is 380 Å². The van der Waals surface area contributed by atoms with Crippen molar-refractivity contribution in [3.05, 3.63) is 72.9 Å². The lowest BCUT2D eigenvalue weighted by Gasteiger charge is -2.18. The number of hydrogen-bond acceptors (Lipinski definition) is 6. The van der Waals surface area contributed by atoms with Gasteiger partial charge in [0.25, 0.3) is 0 Å². The predicted octanol–water partition coefficient (Wildman–Crippen LogP) is 25.2. The molecule has 0 aliphatic rings. The summed E-state index contributed by atoms with van der Waals surface area (Å²) in [6.07, 6.45) is 94.1. The van der Waals surface area contributed by atoms with Gasteiger partial charge in [-0.15, -0.1) is 0 Å². The van der Waals surface area contributed by atoms with Gasteiger partial charge in [0, 0.05) is 19.3 Å². The van der Waals surface area contributed by atoms with E-state index in [0.717, 1.165) is 96.3 Å². The first-order chi connectivity index (χ1) is 41.0. The summed E-state index contributed by atoms with van der Waals surface area (Å²) >= 11 is 0. The second-order valence-electron chi connectivity index (χ2n) is 24.5. The molecule has 0 aromatic rings. The molecule has 0 spiro atoms. The average Bonchev–Trinajstić information content (AvgIpc) is 3.50. The molecular weight excluding hydrogens is 1020 g/mol. The Morgan fingerprint density at radius 1 is 0.253 bits per heavy atom. The van der Waals surface area contributed by atoms with Gasteiger partial charge >= 0.3 is 17.9 Å². The number of carbonyl (C=O) groups is 3. The summed E-state index contributed by atoms with van der Waals surface area (Å²) < 4.78 is 16.9. The summed E-state index contributed by atoms with van der Waals surface area (Å²) in [5.74, 6) is -0.876. The molecule has 0 amide bonds. The predicted molar refractivity (Wildman–Crippen MR) is 362 cm³/mol. The van der Waals surface area contributed by atoms with Gasteiger partial charge < -0.3 is 14.2 Å². The standard InChI is InChI=1S/C77H138O6/c1-4-7-10-13-16-18-20-22-24-26-28-30-32-33-34-35-36-37-38-39-40-41-42-43-45-46-48-50-52-54-56-58-61-64-67-70-76(79)82-73-74(72-81-75(78)69-66-63-60-15-12-9-6-3)83-77(80)71-68-65-62-59-57-55-53-51-49-47-44-31-29-27-25-23-21-19-17-14-11-8-5-2/h8,11,17,19,23,25-26,28-29,31,47,49,74H,4-7,9-10,12-16,18,20-22,24,27,30,32-46,48,50-73H2,1-3H3/b11-8-,19-17-,25-23-,28-26-,31-29-,49-47-. The zero-order valence-corrected chi connectivity index (χ0v) is 55.5. The molecule has 0 saturated carbocycles. The van der Waals surface area contributed by atoms with E-state index in [-0.39, 0.29) is 31.1 Å². The third kappa shape index (κ3) is 69.5. The molecule has 6 nitrogen and oxygen atoms in total. The maximum atomic E-state index is 12.9. The molecule has 0 aromatic carbocycles. The Balaban J connectivity index is 3.99. The quantitative estimate of drug-likeness (QED) is 0.0261. The van der Waals surface area contributed by atoms with Crippen LogP contribution in [-0.2, 0) is 28.6 Å². The molecule has 1 unspecified atom stereocenters. The van der Waals surface area contributed by atoms with Crippen LogP contribution in [0.3, 0.4) is 0 Å². The van der Waals surface area contributed by atoms with Crippen LogP contribution in [0.25, 0.3) is 0 Å². The highest BCUT2D eigenvalue weighted by molar-refractivity contribution is 5.71. The molecule has 0 aliphatic heterocycles. The molecule has 0 heterocycles. The van der Waals surface area contributed by atoms with E-state index in [9.17, 15) is 14.4 Å². The second kappa shape index (κ2) is 71.3. The molecule has 0 radical (unpaired) electrons. The molecule has 0 saturated heterocycles. The molecule has 1 atom stereocenters. The van der Waals surface area contributed by atoms with Gasteiger partial charge in [-0.2, -0.15) is 0 Å². The number of esters is 3. The monoisotopic (exact) mass is 1160 g/mol. The first-order valence-electron chi connectivity index (χ1n) is 36.4. The lowest BCUT2D eigenvalue weighted by atomic mass is 10.0. The third-order valence-electron chi connectivity index (χ3n) is 16.2. The molecular formula is C77H138O6. The number of ether oxygens (including phenoxy) is 3. The average molecular weight is 1160 g/mol. The number of hydrogen-bond donors (Lipinski definition) is 0. The van der Waals surface area contributed by atoms with Crippen molar-refractivity contribution >= 4 is 17.9 Å². The molecule has 0 rings (SSSR count). The second-order valence-corrected chi connectivity index (χ2v) is 24.5. The van der Waals surface area contributed by atoms with Crippen molar-refractivity contribution in [2.45, 2.75) is 386 Å². The Morgan fingerprint density at radius 2 is 0.470 bits per heavy atom. The van der Waals surface area contributed by atoms with E-state index in [2.05, 4.69) is 93.7 Å². The van der Waals surface area contributed by atoms with Gasteiger partial charge in [0.1, 0.15) is 13.2 Å². The van der Waals surface area contributed by atoms with Crippen LogP contribution in [0.5, 0.6) is 0 Å². The topological polar surface area (TPSA) is 78.9 Å². The van der Waals surface area contributed by atoms with Gasteiger partial charge in [-0.3, -0.25) is 14.4 Å². The fraction of sp³-hybridized carbons (Fsp3) is 0.805. The SMILES string of the molecule is CC/C=C\C/C=C\C/C=C\C/C=C\C/C=C\CCCCCCCCCC(=O)OC(COC(=O)CCCCCCCCC)COC(=O)CCCCCCCCCCCCCCCCCCCCCCCCC/C=C\CCCCCCCCCC. The van der Waals surface area contributed by atoms with Gasteiger partial charge in [0.15, 0.2) is 6.10 Å². The van der Waals surface area contributed by atoms with Crippen molar-refractivity contribution < 1.29 is 28.6 Å². The third-order valence-corrected chi connectivity index (χ3v) is 16.2. The van der Waals surface area contributed by atoms with Crippen LogP contribution in [0.4, 0.5) is 0 Å². The Bertz CT molecular complexity index is 1520. The summed E-state index contributed by atoms with van der Waals surface area (Å²) in [7, 11) is 0. The molecule has 0 N–H and O–H groups in total. The molecule has 482 valence electrons. The fourth-order valence-electron chi connectivity index (χ4n) is 10.8. The van der Waals surface area contributed by atoms with E-state index >= 15 is 0 Å². The summed E-state index contributed by atoms with van der Waals surface area (Å²) in [6, 6.07) is 0. The molecule has 0 fully saturated rings. The Hall–Kier alpha value is -3.15. The van der Waals surface area contributed by atoms with Gasteiger partial charge in [0.2, 0.25) is 0 Å². The van der Waals surface area contributed by atoms with Crippen molar-refractivity contribution in [3.63, 3.8) is 0 Å². The Morgan fingerprint density at radius 3 is 0.747 bits per heavy atom. The van der Waals surface area contributed by atoms with Gasteiger partial charge in [-0.1, -0.05) is 344 Å². The molecule has 6 heteroatoms. The van der Waals surface area contributed by atoms with E-state index in [1.807, 2.05) is 0 Å². The fourth-order valence-corrected chi connectivity index (χ4v) is 10.8. The lowest BCUT2D eigenvalue weighted by Crippen LogP contribution is -2.30. The van der Waals surface area contributed by atoms with Crippen molar-refractivity contribution in [1.29, 1.82) is 0 Å². The van der Waals surface area contributed by atoms with Crippen LogP contribution in [-0.4, -0.2) is 37.2 Å². The van der Waals surface area contributed by atoms with Crippen LogP contribution in [0.15, 0.2) is 72.9 Å². The Labute approximate surface area is 516 Å². The highest BCUT2D eigenvalue weighted by Crippen LogP contribution is 2.18. The van der Waals surface area contributed by atoms with Gasteiger partial charge in [-0.05, 0) is 89.9 Å². The number of rotatable bonds is 67. The van der Waals surface area contributed by atoms with E-state index < -0.39 is 6.10 Å². The summed E-state index contributed by atoms with van der Waals surface area (Å²) in [5, 5.41) is 0. The zero-order valence-electron chi connectivity index (χ0n) is 55.5. The van der Waals surface area contributed by atoms with E-state index in [1.54, 1.807) is 0 Å². The van der Waals surface area contributed by atoms with Gasteiger partial charge in [0.05, 0.1) is 0 Å². The zero-order chi connectivity index (χ0) is 59.9. The first-order valence-corrected chi connectivity index (χ1v) is 36.4. The maximum absolute atomic E-state index is 12.9. The Kier molecular flexibility index (Phi) is 68.6. The minimum absolute atomic E-state index is 0.0760. The minimum atomic E-state index is -0.779. The summed E-state index contributed by atoms with van der Waals surface area (Å²) in [6.45, 7) is 6.52. The van der Waals surface area contributed by atoms with E-state index in [0.29, 0.717) is 19.3 Å². The highest BCUT2D eigenvalue weighted by Gasteiger charge is 2.19. The summed E-state index contributed by atoms with van der Waals surface area (Å²) in [5.41, 5.74) is 0. The van der Waals surface area contributed by atoms with Crippen LogP contribution in [0, 0.1) is 0 Å². The van der Waals surface area contributed by atoms with Gasteiger partial charge in [-0.25, -0.2) is 0 Å². The number of allylic oxidation sites excluding steroid dienone is 12.